The average molecular weight is 300 g/mol. The molecule has 0 saturated heterocycles. The highest BCUT2D eigenvalue weighted by Gasteiger charge is 2.24. The van der Waals surface area contributed by atoms with Crippen molar-refractivity contribution in [2.45, 2.75) is 19.0 Å². The summed E-state index contributed by atoms with van der Waals surface area (Å²) >= 11 is 0. The maximum atomic E-state index is 13.9. The molecule has 3 rings (SSSR count). The SMILES string of the molecule is NC(=O)COc1cc2c(cc1F)CNC2Cc1ccccc1. The van der Waals surface area contributed by atoms with Crippen LogP contribution in [0, 0.1) is 5.82 Å². The second kappa shape index (κ2) is 6.15. The summed E-state index contributed by atoms with van der Waals surface area (Å²) in [5, 5.41) is 3.38. The second-order valence-electron chi connectivity index (χ2n) is 5.36. The first-order chi connectivity index (χ1) is 10.6. The highest BCUT2D eigenvalue weighted by atomic mass is 19.1. The summed E-state index contributed by atoms with van der Waals surface area (Å²) in [7, 11) is 0. The molecule has 22 heavy (non-hydrogen) atoms. The first-order valence-electron chi connectivity index (χ1n) is 7.14. The molecule has 0 saturated carbocycles. The van der Waals surface area contributed by atoms with Gasteiger partial charge in [0.25, 0.3) is 5.91 Å². The number of primary amides is 1. The predicted octanol–water partition coefficient (Wildman–Crippen LogP) is 2.08. The summed E-state index contributed by atoms with van der Waals surface area (Å²) in [6.07, 6.45) is 0.814. The summed E-state index contributed by atoms with van der Waals surface area (Å²) < 4.78 is 19.1. The van der Waals surface area contributed by atoms with E-state index < -0.39 is 11.7 Å². The summed E-state index contributed by atoms with van der Waals surface area (Å²) in [5.74, 6) is -1.03. The number of benzene rings is 2. The minimum atomic E-state index is -0.626. The van der Waals surface area contributed by atoms with Crippen molar-refractivity contribution in [1.29, 1.82) is 0 Å². The zero-order valence-corrected chi connectivity index (χ0v) is 12.0. The molecule has 5 heteroatoms. The zero-order chi connectivity index (χ0) is 15.5. The number of amides is 1. The Balaban J connectivity index is 1.82. The molecule has 1 amide bonds. The van der Waals surface area contributed by atoms with E-state index in [0.29, 0.717) is 6.54 Å². The van der Waals surface area contributed by atoms with E-state index in [1.54, 1.807) is 6.07 Å². The van der Waals surface area contributed by atoms with Gasteiger partial charge in [-0.15, -0.1) is 0 Å². The number of halogens is 1. The molecule has 4 nitrogen and oxygen atoms in total. The van der Waals surface area contributed by atoms with Gasteiger partial charge in [-0.05, 0) is 35.2 Å². The number of carbonyl (C=O) groups is 1. The van der Waals surface area contributed by atoms with Crippen LogP contribution in [-0.4, -0.2) is 12.5 Å². The van der Waals surface area contributed by atoms with Gasteiger partial charge in [-0.2, -0.15) is 0 Å². The quantitative estimate of drug-likeness (QED) is 0.888. The van der Waals surface area contributed by atoms with Gasteiger partial charge in [-0.1, -0.05) is 30.3 Å². The van der Waals surface area contributed by atoms with Crippen molar-refractivity contribution in [3.05, 3.63) is 65.0 Å². The lowest BCUT2D eigenvalue weighted by Crippen LogP contribution is -2.20. The van der Waals surface area contributed by atoms with Gasteiger partial charge in [-0.3, -0.25) is 4.79 Å². The number of nitrogens with one attached hydrogen (secondary N) is 1. The highest BCUT2D eigenvalue weighted by molar-refractivity contribution is 5.75. The van der Waals surface area contributed by atoms with Crippen LogP contribution in [0.4, 0.5) is 4.39 Å². The smallest absolute Gasteiger partial charge is 0.255 e. The maximum Gasteiger partial charge on any atom is 0.255 e. The van der Waals surface area contributed by atoms with E-state index in [0.717, 1.165) is 17.5 Å². The van der Waals surface area contributed by atoms with Gasteiger partial charge in [-0.25, -0.2) is 4.39 Å². The van der Waals surface area contributed by atoms with E-state index in [4.69, 9.17) is 10.5 Å². The largest absolute Gasteiger partial charge is 0.481 e. The van der Waals surface area contributed by atoms with E-state index in [-0.39, 0.29) is 18.4 Å². The molecule has 0 aromatic heterocycles. The third-order valence-electron chi connectivity index (χ3n) is 3.76. The molecule has 1 heterocycles. The monoisotopic (exact) mass is 300 g/mol. The summed E-state index contributed by atoms with van der Waals surface area (Å²) in [4.78, 5) is 10.8. The van der Waals surface area contributed by atoms with Crippen LogP contribution in [0.15, 0.2) is 42.5 Å². The summed E-state index contributed by atoms with van der Waals surface area (Å²) in [6.45, 7) is 0.298. The fourth-order valence-corrected chi connectivity index (χ4v) is 2.72. The maximum absolute atomic E-state index is 13.9. The van der Waals surface area contributed by atoms with Gasteiger partial charge in [0.05, 0.1) is 0 Å². The molecule has 0 aliphatic carbocycles. The minimum absolute atomic E-state index is 0.0688. The van der Waals surface area contributed by atoms with Gasteiger partial charge in [0.1, 0.15) is 0 Å². The highest BCUT2D eigenvalue weighted by Crippen LogP contribution is 2.33. The Labute approximate surface area is 128 Å². The van der Waals surface area contributed by atoms with Gasteiger partial charge in [0.2, 0.25) is 0 Å². The van der Waals surface area contributed by atoms with Crippen molar-refractivity contribution in [3.8, 4) is 5.75 Å². The van der Waals surface area contributed by atoms with E-state index in [1.165, 1.54) is 11.6 Å². The number of nitrogens with two attached hydrogens (primary N) is 1. The summed E-state index contributed by atoms with van der Waals surface area (Å²) in [6, 6.07) is 13.3. The number of ether oxygens (including phenoxy) is 1. The minimum Gasteiger partial charge on any atom is -0.481 e. The van der Waals surface area contributed by atoms with Gasteiger partial charge in [0.15, 0.2) is 18.2 Å². The van der Waals surface area contributed by atoms with E-state index >= 15 is 0 Å². The Morgan fingerprint density at radius 2 is 2.09 bits per heavy atom. The Hall–Kier alpha value is -2.40. The van der Waals surface area contributed by atoms with Crippen molar-refractivity contribution in [1.82, 2.24) is 5.32 Å². The van der Waals surface area contributed by atoms with Gasteiger partial charge in [0, 0.05) is 12.6 Å². The van der Waals surface area contributed by atoms with Crippen LogP contribution in [0.3, 0.4) is 0 Å². The fraction of sp³-hybridized carbons (Fsp3) is 0.235. The molecule has 0 fully saturated rings. The third-order valence-corrected chi connectivity index (χ3v) is 3.76. The Morgan fingerprint density at radius 3 is 2.82 bits per heavy atom. The van der Waals surface area contributed by atoms with Crippen molar-refractivity contribution in [3.63, 3.8) is 0 Å². The molecule has 2 aromatic rings. The molecule has 3 N–H and O–H groups in total. The fourth-order valence-electron chi connectivity index (χ4n) is 2.72. The number of fused-ring (bicyclic) bond motifs is 1. The molecule has 1 aliphatic heterocycles. The van der Waals surface area contributed by atoms with E-state index in [9.17, 15) is 9.18 Å². The zero-order valence-electron chi connectivity index (χ0n) is 12.0. The normalized spacial score (nSPS) is 16.3. The number of hydrogen-bond donors (Lipinski definition) is 2. The molecular formula is C17H17FN2O2. The van der Waals surface area contributed by atoms with Crippen LogP contribution in [0.25, 0.3) is 0 Å². The standard InChI is InChI=1S/C17H17FN2O2/c18-14-7-12-9-20-15(6-11-4-2-1-3-5-11)13(12)8-16(14)22-10-17(19)21/h1-5,7-8,15,20H,6,9-10H2,(H2,19,21). The number of hydrogen-bond acceptors (Lipinski definition) is 3. The van der Waals surface area contributed by atoms with Crippen molar-refractivity contribution >= 4 is 5.91 Å². The van der Waals surface area contributed by atoms with Crippen molar-refractivity contribution < 1.29 is 13.9 Å². The first kappa shape index (κ1) is 14.5. The lowest BCUT2D eigenvalue weighted by atomic mass is 9.98. The van der Waals surface area contributed by atoms with Crippen molar-refractivity contribution in [2.75, 3.05) is 6.61 Å². The molecule has 2 aromatic carbocycles. The molecule has 1 atom stereocenters. The van der Waals surface area contributed by atoms with Crippen molar-refractivity contribution in [2.24, 2.45) is 5.73 Å². The lowest BCUT2D eigenvalue weighted by Gasteiger charge is -2.14. The first-order valence-corrected chi connectivity index (χ1v) is 7.14. The summed E-state index contributed by atoms with van der Waals surface area (Å²) in [5.41, 5.74) is 8.16. The second-order valence-corrected chi connectivity index (χ2v) is 5.36. The number of carbonyl (C=O) groups excluding carboxylic acids is 1. The van der Waals surface area contributed by atoms with Crippen LogP contribution in [0.2, 0.25) is 0 Å². The van der Waals surface area contributed by atoms with Crippen LogP contribution < -0.4 is 15.8 Å². The molecule has 0 spiro atoms. The number of rotatable bonds is 5. The molecule has 0 radical (unpaired) electrons. The predicted molar refractivity (Wildman–Crippen MR) is 80.8 cm³/mol. The molecule has 1 aliphatic rings. The Kier molecular flexibility index (Phi) is 4.06. The molecule has 0 bridgehead atoms. The van der Waals surface area contributed by atoms with E-state index in [2.05, 4.69) is 17.4 Å². The van der Waals surface area contributed by atoms with Crippen LogP contribution in [0.5, 0.6) is 5.75 Å². The Bertz CT molecular complexity index is 689. The molecular weight excluding hydrogens is 283 g/mol. The average Bonchev–Trinajstić information content (AvgIpc) is 2.88. The molecule has 114 valence electrons. The van der Waals surface area contributed by atoms with Gasteiger partial charge < -0.3 is 15.8 Å². The Morgan fingerprint density at radius 1 is 1.32 bits per heavy atom. The van der Waals surface area contributed by atoms with Crippen LogP contribution in [0.1, 0.15) is 22.7 Å². The third kappa shape index (κ3) is 3.09. The topological polar surface area (TPSA) is 64.4 Å². The van der Waals surface area contributed by atoms with Crippen LogP contribution >= 0.6 is 0 Å². The van der Waals surface area contributed by atoms with E-state index in [1.807, 2.05) is 18.2 Å². The molecule has 1 unspecified atom stereocenters. The van der Waals surface area contributed by atoms with Crippen LogP contribution in [-0.2, 0) is 17.8 Å². The lowest BCUT2D eigenvalue weighted by molar-refractivity contribution is -0.120. The van der Waals surface area contributed by atoms with Gasteiger partial charge >= 0.3 is 0 Å².